The molecule has 0 radical (unpaired) electrons. The molecule has 0 aliphatic heterocycles. The Kier molecular flexibility index (Phi) is 4.73. The van der Waals surface area contributed by atoms with E-state index >= 15 is 0 Å². The Hall–Kier alpha value is -2.60. The van der Waals surface area contributed by atoms with E-state index < -0.39 is 4.92 Å². The standard InChI is InChI=1S/C14H12ClN3O3/c15-9-14(16)17-10-1-5-12(6-2-10)21-13-7-3-11(4-8-13)18(19)20/h1-8H,9H2,(H2,16,17). The van der Waals surface area contributed by atoms with Gasteiger partial charge in [0.25, 0.3) is 5.69 Å². The normalized spacial score (nSPS) is 11.2. The molecule has 0 unspecified atom stereocenters. The summed E-state index contributed by atoms with van der Waals surface area (Å²) in [7, 11) is 0. The van der Waals surface area contributed by atoms with E-state index in [1.807, 2.05) is 0 Å². The molecule has 0 heterocycles. The highest BCUT2D eigenvalue weighted by molar-refractivity contribution is 6.28. The number of nitrogens with two attached hydrogens (primary N) is 1. The van der Waals surface area contributed by atoms with Crippen LogP contribution in [0.2, 0.25) is 0 Å². The number of halogens is 1. The van der Waals surface area contributed by atoms with Gasteiger partial charge < -0.3 is 10.5 Å². The van der Waals surface area contributed by atoms with E-state index in [0.29, 0.717) is 23.0 Å². The SMILES string of the molecule is NC(CCl)=Nc1ccc(Oc2ccc([N+](=O)[O-])cc2)cc1. The summed E-state index contributed by atoms with van der Waals surface area (Å²) in [6.07, 6.45) is 0. The quantitative estimate of drug-likeness (QED) is 0.300. The zero-order chi connectivity index (χ0) is 15.2. The number of hydrogen-bond acceptors (Lipinski definition) is 4. The fraction of sp³-hybridized carbons (Fsp3) is 0.0714. The van der Waals surface area contributed by atoms with Gasteiger partial charge in [0.1, 0.15) is 17.3 Å². The first-order valence-corrected chi connectivity index (χ1v) is 6.53. The molecule has 0 saturated heterocycles. The smallest absolute Gasteiger partial charge is 0.269 e. The molecule has 0 atom stereocenters. The predicted molar refractivity (Wildman–Crippen MR) is 81.6 cm³/mol. The van der Waals surface area contributed by atoms with Gasteiger partial charge in [-0.05, 0) is 36.4 Å². The topological polar surface area (TPSA) is 90.8 Å². The van der Waals surface area contributed by atoms with Gasteiger partial charge in [0.15, 0.2) is 0 Å². The number of rotatable bonds is 5. The molecule has 6 nitrogen and oxygen atoms in total. The summed E-state index contributed by atoms with van der Waals surface area (Å²) in [6.45, 7) is 0. The second-order valence-corrected chi connectivity index (χ2v) is 4.35. The number of ether oxygens (including phenoxy) is 1. The second-order valence-electron chi connectivity index (χ2n) is 4.08. The third kappa shape index (κ3) is 4.19. The Balaban J connectivity index is 2.08. The second kappa shape index (κ2) is 6.71. The predicted octanol–water partition coefficient (Wildman–Crippen LogP) is 3.61. The zero-order valence-electron chi connectivity index (χ0n) is 10.9. The van der Waals surface area contributed by atoms with Crippen molar-refractivity contribution in [3.8, 4) is 11.5 Å². The van der Waals surface area contributed by atoms with E-state index in [1.165, 1.54) is 24.3 Å². The molecule has 0 aromatic heterocycles. The highest BCUT2D eigenvalue weighted by atomic mass is 35.5. The molecule has 0 aliphatic carbocycles. The van der Waals surface area contributed by atoms with E-state index in [-0.39, 0.29) is 11.6 Å². The van der Waals surface area contributed by atoms with Crippen molar-refractivity contribution in [3.05, 3.63) is 58.6 Å². The Morgan fingerprint density at radius 3 is 2.14 bits per heavy atom. The summed E-state index contributed by atoms with van der Waals surface area (Å²) in [5.74, 6) is 1.60. The number of aliphatic imine (C=N–C) groups is 1. The number of nitro groups is 1. The summed E-state index contributed by atoms with van der Waals surface area (Å²) in [6, 6.07) is 12.8. The average Bonchev–Trinajstić information content (AvgIpc) is 2.49. The molecule has 0 fully saturated rings. The van der Waals surface area contributed by atoms with Gasteiger partial charge in [-0.15, -0.1) is 11.6 Å². The van der Waals surface area contributed by atoms with Crippen LogP contribution >= 0.6 is 11.6 Å². The van der Waals surface area contributed by atoms with Gasteiger partial charge >= 0.3 is 0 Å². The molecule has 0 aliphatic rings. The Morgan fingerprint density at radius 1 is 1.14 bits per heavy atom. The summed E-state index contributed by atoms with van der Waals surface area (Å²) in [5, 5.41) is 10.6. The van der Waals surface area contributed by atoms with Crippen LogP contribution in [0.1, 0.15) is 0 Å². The van der Waals surface area contributed by atoms with Crippen molar-refractivity contribution >= 4 is 28.8 Å². The highest BCUT2D eigenvalue weighted by Crippen LogP contribution is 2.25. The summed E-state index contributed by atoms with van der Waals surface area (Å²) in [5.41, 5.74) is 6.22. The van der Waals surface area contributed by atoms with Gasteiger partial charge in [-0.25, -0.2) is 4.99 Å². The van der Waals surface area contributed by atoms with E-state index in [1.54, 1.807) is 24.3 Å². The van der Waals surface area contributed by atoms with E-state index in [9.17, 15) is 10.1 Å². The van der Waals surface area contributed by atoms with Crippen LogP contribution in [0.5, 0.6) is 11.5 Å². The molecule has 2 rings (SSSR count). The first-order valence-electron chi connectivity index (χ1n) is 6.00. The molecular formula is C14H12ClN3O3. The van der Waals surface area contributed by atoms with Gasteiger partial charge in [-0.3, -0.25) is 10.1 Å². The average molecular weight is 306 g/mol. The monoisotopic (exact) mass is 305 g/mol. The molecule has 0 spiro atoms. The minimum Gasteiger partial charge on any atom is -0.457 e. The van der Waals surface area contributed by atoms with Crippen LogP contribution in [0.4, 0.5) is 11.4 Å². The van der Waals surface area contributed by atoms with Crippen LogP contribution in [-0.4, -0.2) is 16.6 Å². The maximum atomic E-state index is 10.6. The van der Waals surface area contributed by atoms with Gasteiger partial charge in [0, 0.05) is 12.1 Å². The molecule has 0 amide bonds. The largest absolute Gasteiger partial charge is 0.457 e. The van der Waals surface area contributed by atoms with Crippen molar-refractivity contribution < 1.29 is 9.66 Å². The maximum Gasteiger partial charge on any atom is 0.269 e. The minimum absolute atomic E-state index is 0.0172. The van der Waals surface area contributed by atoms with Crippen LogP contribution in [0, 0.1) is 10.1 Å². The van der Waals surface area contributed by atoms with Gasteiger partial charge in [-0.1, -0.05) is 0 Å². The number of nitrogens with zero attached hydrogens (tertiary/aromatic N) is 2. The first-order chi connectivity index (χ1) is 10.1. The van der Waals surface area contributed by atoms with Gasteiger partial charge in [0.2, 0.25) is 0 Å². The molecule has 0 bridgehead atoms. The fourth-order valence-electron chi connectivity index (χ4n) is 1.56. The summed E-state index contributed by atoms with van der Waals surface area (Å²) < 4.78 is 5.57. The van der Waals surface area contributed by atoms with Crippen molar-refractivity contribution in [3.63, 3.8) is 0 Å². The number of amidine groups is 1. The fourth-order valence-corrected chi connectivity index (χ4v) is 1.62. The molecule has 2 aromatic rings. The van der Waals surface area contributed by atoms with Crippen LogP contribution in [0.25, 0.3) is 0 Å². The molecular weight excluding hydrogens is 294 g/mol. The van der Waals surface area contributed by atoms with Gasteiger partial charge in [0.05, 0.1) is 16.5 Å². The van der Waals surface area contributed by atoms with Crippen LogP contribution in [0.3, 0.4) is 0 Å². The Labute approximate surface area is 126 Å². The Morgan fingerprint density at radius 2 is 1.67 bits per heavy atom. The molecule has 108 valence electrons. The summed E-state index contributed by atoms with van der Waals surface area (Å²) >= 11 is 5.55. The van der Waals surface area contributed by atoms with E-state index in [0.717, 1.165) is 0 Å². The number of nitro benzene ring substituents is 1. The highest BCUT2D eigenvalue weighted by Gasteiger charge is 2.05. The van der Waals surface area contributed by atoms with Gasteiger partial charge in [-0.2, -0.15) is 0 Å². The van der Waals surface area contributed by atoms with E-state index in [2.05, 4.69) is 4.99 Å². The number of non-ortho nitro benzene ring substituents is 1. The van der Waals surface area contributed by atoms with E-state index in [4.69, 9.17) is 22.1 Å². The lowest BCUT2D eigenvalue weighted by atomic mass is 10.3. The van der Waals surface area contributed by atoms with Crippen LogP contribution in [-0.2, 0) is 0 Å². The number of alkyl halides is 1. The van der Waals surface area contributed by atoms with Crippen molar-refractivity contribution in [2.24, 2.45) is 10.7 Å². The van der Waals surface area contributed by atoms with Crippen molar-refractivity contribution in [1.82, 2.24) is 0 Å². The molecule has 0 saturated carbocycles. The first kappa shape index (κ1) is 14.8. The summed E-state index contributed by atoms with van der Waals surface area (Å²) in [4.78, 5) is 14.2. The molecule has 21 heavy (non-hydrogen) atoms. The van der Waals surface area contributed by atoms with Crippen molar-refractivity contribution in [2.45, 2.75) is 0 Å². The Bertz CT molecular complexity index is 654. The van der Waals surface area contributed by atoms with Crippen LogP contribution in [0.15, 0.2) is 53.5 Å². The molecule has 7 heteroatoms. The zero-order valence-corrected chi connectivity index (χ0v) is 11.7. The van der Waals surface area contributed by atoms with Crippen molar-refractivity contribution in [2.75, 3.05) is 5.88 Å². The number of hydrogen-bond donors (Lipinski definition) is 1. The third-order valence-corrected chi connectivity index (χ3v) is 2.80. The molecule has 2 aromatic carbocycles. The van der Waals surface area contributed by atoms with Crippen LogP contribution < -0.4 is 10.5 Å². The lowest BCUT2D eigenvalue weighted by molar-refractivity contribution is -0.384. The minimum atomic E-state index is -0.460. The number of benzene rings is 2. The maximum absolute atomic E-state index is 10.6. The lowest BCUT2D eigenvalue weighted by Crippen LogP contribution is -2.12. The third-order valence-electron chi connectivity index (χ3n) is 2.53. The lowest BCUT2D eigenvalue weighted by Gasteiger charge is -2.05. The van der Waals surface area contributed by atoms with Crippen molar-refractivity contribution in [1.29, 1.82) is 0 Å². The molecule has 2 N–H and O–H groups in total.